The summed E-state index contributed by atoms with van der Waals surface area (Å²) in [5, 5.41) is 13.0. The minimum absolute atomic E-state index is 0.0697. The second kappa shape index (κ2) is 40.5. The molecule has 0 aromatic rings. The number of ketones is 1. The molecule has 0 spiro atoms. The van der Waals surface area contributed by atoms with E-state index in [9.17, 15) is 43.1 Å². The molecule has 0 heterocycles. The first-order valence-electron chi connectivity index (χ1n) is 31.6. The monoisotopic (exact) mass is 1260 g/mol. The van der Waals surface area contributed by atoms with Crippen molar-refractivity contribution in [2.45, 2.75) is 201 Å². The van der Waals surface area contributed by atoms with Crippen molar-refractivity contribution in [3.05, 3.63) is 11.6 Å². The Morgan fingerprint density at radius 1 is 0.607 bits per heavy atom. The number of unbranched alkanes of at least 4 members (excludes halogenated alkanes) is 8. The number of amides is 1. The Balaban J connectivity index is 0.876. The van der Waals surface area contributed by atoms with Gasteiger partial charge in [-0.1, -0.05) is 104 Å². The van der Waals surface area contributed by atoms with Crippen LogP contribution in [-0.2, 0) is 74.1 Å². The smallest absolute Gasteiger partial charge is 0.446 e. The molecule has 4 rings (SSSR count). The summed E-state index contributed by atoms with van der Waals surface area (Å²) < 4.78 is 96.5. The molecule has 12 atom stereocenters. The average molecular weight is 1260 g/mol. The van der Waals surface area contributed by atoms with Crippen LogP contribution in [0.5, 0.6) is 0 Å². The topological polar surface area (TPSA) is 289 Å². The quantitative estimate of drug-likeness (QED) is 0.0164. The third-order valence-electron chi connectivity index (χ3n) is 17.9. The molecule has 4 aliphatic carbocycles. The molecule has 1 amide bonds. The fourth-order valence-electron chi connectivity index (χ4n) is 13.3. The normalized spacial score (nSPS) is 26.0. The Labute approximate surface area is 502 Å². The van der Waals surface area contributed by atoms with E-state index in [1.807, 2.05) is 0 Å². The predicted molar refractivity (Wildman–Crippen MR) is 318 cm³/mol. The molecule has 5 N–H and O–H groups in total. The zero-order valence-electron chi connectivity index (χ0n) is 51.8. The number of aliphatic hydroxyl groups is 1. The number of hydrogen-bond acceptors (Lipinski definition) is 18. The Morgan fingerprint density at radius 2 is 1.18 bits per heavy atom. The van der Waals surface area contributed by atoms with Gasteiger partial charge in [-0.3, -0.25) is 31.9 Å². The lowest BCUT2D eigenvalue weighted by Gasteiger charge is -2.58. The van der Waals surface area contributed by atoms with Gasteiger partial charge in [0.1, 0.15) is 18.0 Å². The number of carbonyl (C=O) groups is 2. The number of carbonyl (C=O) groups excluding carboxylic acids is 2. The van der Waals surface area contributed by atoms with Gasteiger partial charge in [-0.25, -0.2) is 18.5 Å². The van der Waals surface area contributed by atoms with Gasteiger partial charge in [0.25, 0.3) is 0 Å². The van der Waals surface area contributed by atoms with Crippen LogP contribution in [-0.4, -0.2) is 150 Å². The highest BCUT2D eigenvalue weighted by Crippen LogP contribution is 2.67. The highest BCUT2D eigenvalue weighted by molar-refractivity contribution is 7.48. The fraction of sp³-hybridized carbons (Fsp3) is 0.932. The first-order valence-corrected chi connectivity index (χ1v) is 36.1. The van der Waals surface area contributed by atoms with Gasteiger partial charge >= 0.3 is 29.6 Å². The standard InChI is InChI=1S/C59H110NO21P3/c1-47(2)19-17-20-48(3)54-25-26-55-53-24-23-49-43-52(27-29-58(49,4)56(53)28-30-59(54,55)5)81-57(63)60-31-18-33-71-35-36-72-37-38-73-39-40-74-41-42-77-83(66,67)79-46-80-84(68,69)78-45-51(62)44-75-32-16-14-22-50(61)21-13-11-9-7-8-10-12-15-34-76-82(64,65)70-6/h23,47-48,51-56,62H,7-22,24-46H2,1-6H3,(H,60,63)(H,64,65)(H,66,67)(H,68,69)/t48-,51?,52+,53+,54-,55+,56+,58+,59-/m1/s1. The van der Waals surface area contributed by atoms with Crippen LogP contribution in [0.4, 0.5) is 4.79 Å². The molecule has 4 aliphatic rings. The van der Waals surface area contributed by atoms with Crippen molar-refractivity contribution >= 4 is 35.3 Å². The van der Waals surface area contributed by atoms with Crippen molar-refractivity contribution in [2.75, 3.05) is 106 Å². The number of alkyl carbamates (subject to hydrolysis) is 1. The molecule has 3 fully saturated rings. The molecule has 0 radical (unpaired) electrons. The van der Waals surface area contributed by atoms with Gasteiger partial charge in [0.2, 0.25) is 0 Å². The summed E-state index contributed by atoms with van der Waals surface area (Å²) >= 11 is 0. The SMILES string of the molecule is COP(=O)(O)OCCCCCCCCCCC(=O)CCCCOCC(O)COP(=O)(O)OCOP(=O)(O)OCCOCCOCCOCCOCCCNC(=O)O[C@H]1CC[C@@]2(C)C(=CC[C@H]3[C@@H]4CC[C@H]([C@H](C)CCCC(C)C)[C@@]4(C)CC[C@@H]32)C1. The third-order valence-corrected chi connectivity index (χ3v) is 20.7. The van der Waals surface area contributed by atoms with Gasteiger partial charge in [-0.2, -0.15) is 0 Å². The minimum Gasteiger partial charge on any atom is -0.446 e. The molecule has 4 unspecified atom stereocenters. The lowest BCUT2D eigenvalue weighted by Crippen LogP contribution is -2.51. The maximum absolute atomic E-state index is 12.8. The van der Waals surface area contributed by atoms with Crippen LogP contribution >= 0.6 is 23.5 Å². The van der Waals surface area contributed by atoms with Crippen LogP contribution in [0.3, 0.4) is 0 Å². The van der Waals surface area contributed by atoms with Crippen LogP contribution < -0.4 is 5.32 Å². The summed E-state index contributed by atoms with van der Waals surface area (Å²) in [6.07, 6.45) is 24.9. The van der Waals surface area contributed by atoms with Crippen molar-refractivity contribution in [1.82, 2.24) is 5.32 Å². The van der Waals surface area contributed by atoms with Crippen molar-refractivity contribution in [2.24, 2.45) is 46.3 Å². The Kier molecular flexibility index (Phi) is 36.3. The Morgan fingerprint density at radius 3 is 1.83 bits per heavy atom. The van der Waals surface area contributed by atoms with E-state index in [0.29, 0.717) is 83.5 Å². The number of nitrogens with one attached hydrogen (secondary N) is 1. The number of hydrogen-bond donors (Lipinski definition) is 5. The van der Waals surface area contributed by atoms with Crippen LogP contribution in [0.2, 0.25) is 0 Å². The number of phosphoric acid groups is 3. The van der Waals surface area contributed by atoms with Crippen molar-refractivity contribution in [3.8, 4) is 0 Å². The van der Waals surface area contributed by atoms with E-state index in [0.717, 1.165) is 107 Å². The third kappa shape index (κ3) is 29.2. The summed E-state index contributed by atoms with van der Waals surface area (Å²) in [6, 6.07) is 0. The number of ether oxygens (including phenoxy) is 6. The van der Waals surface area contributed by atoms with E-state index in [-0.39, 0.29) is 69.6 Å². The molecule has 22 nitrogen and oxygen atoms in total. The number of aliphatic hydroxyl groups excluding tert-OH is 1. The molecular formula is C59H110NO21P3. The zero-order chi connectivity index (χ0) is 61.3. The number of fused-ring (bicyclic) bond motifs is 5. The molecule has 84 heavy (non-hydrogen) atoms. The molecule has 0 aromatic heterocycles. The number of allylic oxidation sites excluding steroid dienone is 1. The van der Waals surface area contributed by atoms with E-state index in [1.54, 1.807) is 0 Å². The van der Waals surface area contributed by atoms with Crippen LogP contribution in [0, 0.1) is 46.3 Å². The van der Waals surface area contributed by atoms with Gasteiger partial charge < -0.3 is 53.5 Å². The second-order valence-electron chi connectivity index (χ2n) is 24.5. The van der Waals surface area contributed by atoms with E-state index in [4.69, 9.17) is 42.0 Å². The first-order chi connectivity index (χ1) is 40.1. The lowest BCUT2D eigenvalue weighted by molar-refractivity contribution is -0.119. The molecule has 0 bridgehead atoms. The van der Waals surface area contributed by atoms with Gasteiger partial charge in [0.15, 0.2) is 6.79 Å². The molecule has 3 saturated carbocycles. The summed E-state index contributed by atoms with van der Waals surface area (Å²) in [7, 11) is -12.2. The average Bonchev–Trinajstić information content (AvgIpc) is 2.18. The largest absolute Gasteiger partial charge is 0.474 e. The predicted octanol–water partition coefficient (Wildman–Crippen LogP) is 12.2. The minimum atomic E-state index is -4.77. The van der Waals surface area contributed by atoms with E-state index < -0.39 is 43.0 Å². The zero-order valence-corrected chi connectivity index (χ0v) is 54.5. The Bertz CT molecular complexity index is 2020. The lowest BCUT2D eigenvalue weighted by atomic mass is 9.47. The van der Waals surface area contributed by atoms with Crippen molar-refractivity contribution in [1.29, 1.82) is 0 Å². The van der Waals surface area contributed by atoms with Crippen LogP contribution in [0.15, 0.2) is 11.6 Å². The van der Waals surface area contributed by atoms with Gasteiger partial charge in [-0.05, 0) is 123 Å². The summed E-state index contributed by atoms with van der Waals surface area (Å²) in [4.78, 5) is 53.8. The number of Topliss-reactive ketones (excluding diaryl/α,β-unsaturated/α-hetero) is 1. The van der Waals surface area contributed by atoms with Crippen LogP contribution in [0.1, 0.15) is 189 Å². The van der Waals surface area contributed by atoms with Crippen LogP contribution in [0.25, 0.3) is 0 Å². The number of phosphoric ester groups is 3. The summed E-state index contributed by atoms with van der Waals surface area (Å²) in [5.74, 6) is 5.00. The molecule has 0 aromatic carbocycles. The Hall–Kier alpha value is -1.23. The van der Waals surface area contributed by atoms with E-state index in [1.165, 1.54) is 56.9 Å². The van der Waals surface area contributed by atoms with E-state index >= 15 is 0 Å². The second-order valence-corrected chi connectivity index (χ2v) is 29.0. The molecule has 25 heteroatoms. The summed E-state index contributed by atoms with van der Waals surface area (Å²) in [6.45, 7) is 13.3. The highest BCUT2D eigenvalue weighted by Gasteiger charge is 2.59. The molecular weight excluding hydrogens is 1150 g/mol. The van der Waals surface area contributed by atoms with Crippen molar-refractivity contribution < 1.29 is 98.6 Å². The van der Waals surface area contributed by atoms with Gasteiger partial charge in [0, 0.05) is 46.1 Å². The van der Waals surface area contributed by atoms with Gasteiger partial charge in [-0.15, -0.1) is 0 Å². The van der Waals surface area contributed by atoms with E-state index in [2.05, 4.69) is 59.6 Å². The van der Waals surface area contributed by atoms with Crippen molar-refractivity contribution in [3.63, 3.8) is 0 Å². The van der Waals surface area contributed by atoms with Gasteiger partial charge in [0.05, 0.1) is 72.7 Å². The molecule has 492 valence electrons. The fourth-order valence-corrected chi connectivity index (χ4v) is 15.1. The molecule has 0 saturated heterocycles. The highest BCUT2D eigenvalue weighted by atomic mass is 31.2. The molecule has 0 aliphatic heterocycles. The maximum Gasteiger partial charge on any atom is 0.474 e. The summed E-state index contributed by atoms with van der Waals surface area (Å²) in [5.41, 5.74) is 2.22. The first kappa shape index (κ1) is 75.2. The number of rotatable bonds is 50. The maximum atomic E-state index is 12.8.